The highest BCUT2D eigenvalue weighted by Crippen LogP contribution is 2.15. The SMILES string of the molecule is CCCCC/C=C\C/C=C\C/C=C\C/C=C\CCCCCC(=O)OC[C@H](COC(=O)CCCCCCCCCCCCCCC)OC(=O)CCCCCCCCC/C=C\CCCCCCCC. The maximum atomic E-state index is 12.8. The highest BCUT2D eigenvalue weighted by atomic mass is 16.6. The van der Waals surface area contributed by atoms with Crippen LogP contribution < -0.4 is 0 Å². The topological polar surface area (TPSA) is 78.9 Å². The molecule has 0 saturated carbocycles. The lowest BCUT2D eigenvalue weighted by atomic mass is 10.0. The van der Waals surface area contributed by atoms with Crippen molar-refractivity contribution in [3.63, 3.8) is 0 Å². The maximum absolute atomic E-state index is 12.8. The summed E-state index contributed by atoms with van der Waals surface area (Å²) in [5.74, 6) is -0.909. The van der Waals surface area contributed by atoms with Gasteiger partial charge < -0.3 is 14.2 Å². The molecule has 0 saturated heterocycles. The Morgan fingerprint density at radius 2 is 0.537 bits per heavy atom. The van der Waals surface area contributed by atoms with E-state index in [-0.39, 0.29) is 31.1 Å². The molecule has 6 heteroatoms. The van der Waals surface area contributed by atoms with Gasteiger partial charge in [0.1, 0.15) is 13.2 Å². The molecule has 0 aromatic rings. The Hall–Kier alpha value is -2.89. The first-order valence-electron chi connectivity index (χ1n) is 28.8. The number of rotatable bonds is 52. The predicted octanol–water partition coefficient (Wildman–Crippen LogP) is 19.2. The zero-order valence-electron chi connectivity index (χ0n) is 44.4. The summed E-state index contributed by atoms with van der Waals surface area (Å²) < 4.78 is 16.8. The fourth-order valence-electron chi connectivity index (χ4n) is 8.13. The van der Waals surface area contributed by atoms with Crippen LogP contribution in [0, 0.1) is 0 Å². The minimum Gasteiger partial charge on any atom is -0.462 e. The Balaban J connectivity index is 4.42. The minimum atomic E-state index is -0.788. The monoisotopic (exact) mass is 937 g/mol. The van der Waals surface area contributed by atoms with Crippen LogP contribution in [0.25, 0.3) is 0 Å². The van der Waals surface area contributed by atoms with Gasteiger partial charge in [0, 0.05) is 19.3 Å². The van der Waals surface area contributed by atoms with Crippen molar-refractivity contribution in [1.82, 2.24) is 0 Å². The lowest BCUT2D eigenvalue weighted by molar-refractivity contribution is -0.167. The highest BCUT2D eigenvalue weighted by Gasteiger charge is 2.19. The predicted molar refractivity (Wildman–Crippen MR) is 288 cm³/mol. The molecule has 0 bridgehead atoms. The van der Waals surface area contributed by atoms with Gasteiger partial charge in [-0.2, -0.15) is 0 Å². The van der Waals surface area contributed by atoms with Crippen LogP contribution >= 0.6 is 0 Å². The molecule has 1 atom stereocenters. The number of ether oxygens (including phenoxy) is 3. The summed E-state index contributed by atoms with van der Waals surface area (Å²) in [6.45, 7) is 6.60. The first-order valence-corrected chi connectivity index (χ1v) is 28.8. The van der Waals surface area contributed by atoms with Crippen LogP contribution in [0.5, 0.6) is 0 Å². The molecule has 0 aromatic carbocycles. The van der Waals surface area contributed by atoms with Gasteiger partial charge >= 0.3 is 17.9 Å². The fraction of sp³-hybridized carbons (Fsp3) is 0.787. The molecule has 0 heterocycles. The molecule has 0 rings (SSSR count). The summed E-state index contributed by atoms with van der Waals surface area (Å²) in [7, 11) is 0. The lowest BCUT2D eigenvalue weighted by Gasteiger charge is -2.18. The molecular formula is C61H108O6. The first kappa shape index (κ1) is 64.1. The third-order valence-electron chi connectivity index (χ3n) is 12.5. The number of hydrogen-bond acceptors (Lipinski definition) is 6. The summed E-state index contributed by atoms with van der Waals surface area (Å²) in [5.41, 5.74) is 0. The van der Waals surface area contributed by atoms with Gasteiger partial charge in [-0.3, -0.25) is 14.4 Å². The third-order valence-corrected chi connectivity index (χ3v) is 12.5. The van der Waals surface area contributed by atoms with Crippen molar-refractivity contribution in [3.8, 4) is 0 Å². The molecule has 0 aromatic heterocycles. The zero-order chi connectivity index (χ0) is 48.6. The van der Waals surface area contributed by atoms with E-state index in [2.05, 4.69) is 81.5 Å². The molecule has 0 fully saturated rings. The van der Waals surface area contributed by atoms with Gasteiger partial charge in [0.25, 0.3) is 0 Å². The quantitative estimate of drug-likeness (QED) is 0.0262. The molecule has 0 unspecified atom stereocenters. The molecule has 67 heavy (non-hydrogen) atoms. The number of carbonyl (C=O) groups excluding carboxylic acids is 3. The molecular weight excluding hydrogens is 829 g/mol. The van der Waals surface area contributed by atoms with Gasteiger partial charge in [-0.05, 0) is 89.9 Å². The van der Waals surface area contributed by atoms with Gasteiger partial charge in [-0.15, -0.1) is 0 Å². The van der Waals surface area contributed by atoms with Crippen molar-refractivity contribution in [2.75, 3.05) is 13.2 Å². The van der Waals surface area contributed by atoms with Gasteiger partial charge in [-0.1, -0.05) is 242 Å². The highest BCUT2D eigenvalue weighted by molar-refractivity contribution is 5.71. The summed E-state index contributed by atoms with van der Waals surface area (Å²) in [4.78, 5) is 38.1. The zero-order valence-corrected chi connectivity index (χ0v) is 44.4. The van der Waals surface area contributed by atoms with Crippen LogP contribution in [0.1, 0.15) is 290 Å². The molecule has 0 radical (unpaired) electrons. The molecule has 0 spiro atoms. The van der Waals surface area contributed by atoms with Crippen LogP contribution in [0.15, 0.2) is 60.8 Å². The Labute approximate surface area is 415 Å². The summed E-state index contributed by atoms with van der Waals surface area (Å²) in [5, 5.41) is 0. The van der Waals surface area contributed by atoms with Crippen molar-refractivity contribution < 1.29 is 28.6 Å². The summed E-state index contributed by atoms with van der Waals surface area (Å²) in [6, 6.07) is 0. The Morgan fingerprint density at radius 3 is 0.896 bits per heavy atom. The van der Waals surface area contributed by atoms with Gasteiger partial charge in [0.2, 0.25) is 0 Å². The standard InChI is InChI=1S/C61H108O6/c1-4-7-10-13-16-19-22-25-27-29-30-32-33-36-39-42-45-48-51-54-60(63)66-57-58(56-65-59(62)53-50-47-44-41-38-35-24-21-18-15-12-9-6-3)67-61(64)55-52-49-46-43-40-37-34-31-28-26-23-20-17-14-11-8-5-2/h16,19,25-28,30,32,36,39,58H,4-15,17-18,20-24,29,31,33-35,37-38,40-57H2,1-3H3/b19-16-,27-25-,28-26-,32-30-,39-36-/t58-/m0/s1. The minimum absolute atomic E-state index is 0.0837. The maximum Gasteiger partial charge on any atom is 0.306 e. The van der Waals surface area contributed by atoms with Crippen LogP contribution in [-0.2, 0) is 28.6 Å². The third kappa shape index (κ3) is 53.9. The number of carbonyl (C=O) groups is 3. The lowest BCUT2D eigenvalue weighted by Crippen LogP contribution is -2.30. The van der Waals surface area contributed by atoms with Crippen molar-refractivity contribution in [2.24, 2.45) is 0 Å². The van der Waals surface area contributed by atoms with E-state index < -0.39 is 6.10 Å². The van der Waals surface area contributed by atoms with E-state index in [1.807, 2.05) is 0 Å². The average molecular weight is 938 g/mol. The molecule has 388 valence electrons. The van der Waals surface area contributed by atoms with E-state index in [1.165, 1.54) is 167 Å². The molecule has 6 nitrogen and oxygen atoms in total. The molecule has 0 amide bonds. The number of allylic oxidation sites excluding steroid dienone is 10. The largest absolute Gasteiger partial charge is 0.462 e. The average Bonchev–Trinajstić information content (AvgIpc) is 3.33. The van der Waals surface area contributed by atoms with E-state index in [0.717, 1.165) is 83.5 Å². The van der Waals surface area contributed by atoms with Crippen LogP contribution in [0.3, 0.4) is 0 Å². The van der Waals surface area contributed by atoms with E-state index in [1.54, 1.807) is 0 Å². The second-order valence-electron chi connectivity index (χ2n) is 19.2. The molecule has 0 aliphatic carbocycles. The van der Waals surface area contributed by atoms with Crippen molar-refractivity contribution in [2.45, 2.75) is 297 Å². The van der Waals surface area contributed by atoms with Crippen LogP contribution in [-0.4, -0.2) is 37.2 Å². The number of unbranched alkanes of at least 4 members (excludes halogenated alkanes) is 31. The van der Waals surface area contributed by atoms with E-state index in [0.29, 0.717) is 19.3 Å². The Morgan fingerprint density at radius 1 is 0.299 bits per heavy atom. The van der Waals surface area contributed by atoms with Crippen LogP contribution in [0.4, 0.5) is 0 Å². The summed E-state index contributed by atoms with van der Waals surface area (Å²) in [6.07, 6.45) is 69.2. The number of hydrogen-bond donors (Lipinski definition) is 0. The van der Waals surface area contributed by atoms with E-state index >= 15 is 0 Å². The van der Waals surface area contributed by atoms with Gasteiger partial charge in [-0.25, -0.2) is 0 Å². The summed E-state index contributed by atoms with van der Waals surface area (Å²) >= 11 is 0. The van der Waals surface area contributed by atoms with Gasteiger partial charge in [0.15, 0.2) is 6.10 Å². The smallest absolute Gasteiger partial charge is 0.306 e. The Kier molecular flexibility index (Phi) is 53.3. The second-order valence-corrected chi connectivity index (χ2v) is 19.2. The van der Waals surface area contributed by atoms with Crippen molar-refractivity contribution in [1.29, 1.82) is 0 Å². The molecule has 0 aliphatic rings. The normalized spacial score (nSPS) is 12.5. The molecule has 0 aliphatic heterocycles. The fourth-order valence-corrected chi connectivity index (χ4v) is 8.13. The number of esters is 3. The van der Waals surface area contributed by atoms with Gasteiger partial charge in [0.05, 0.1) is 0 Å². The first-order chi connectivity index (χ1) is 33.0. The second kappa shape index (κ2) is 55.7. The van der Waals surface area contributed by atoms with Crippen molar-refractivity contribution in [3.05, 3.63) is 60.8 Å². The molecule has 0 N–H and O–H groups in total. The van der Waals surface area contributed by atoms with E-state index in [9.17, 15) is 14.4 Å². The van der Waals surface area contributed by atoms with Crippen molar-refractivity contribution >= 4 is 17.9 Å². The van der Waals surface area contributed by atoms with E-state index in [4.69, 9.17) is 14.2 Å². The Bertz CT molecular complexity index is 1210. The van der Waals surface area contributed by atoms with Crippen LogP contribution in [0.2, 0.25) is 0 Å².